The Bertz CT molecular complexity index is 712. The second-order valence-corrected chi connectivity index (χ2v) is 7.69. The van der Waals surface area contributed by atoms with Crippen LogP contribution in [0.25, 0.3) is 0 Å². The molecule has 0 amide bonds. The summed E-state index contributed by atoms with van der Waals surface area (Å²) in [7, 11) is 1.71. The molecule has 2 aromatic rings. The molecule has 2 aliphatic rings. The molecule has 5 heteroatoms. The minimum Gasteiger partial charge on any atom is -0.497 e. The smallest absolute Gasteiger partial charge is 0.118 e. The minimum absolute atomic E-state index is 0.0173. The van der Waals surface area contributed by atoms with Gasteiger partial charge in [-0.25, -0.2) is 0 Å². The number of piperidine rings is 1. The number of hydrogen-bond acceptors (Lipinski definition) is 5. The molecule has 144 valence electrons. The standard InChI is InChI=1S/C22H29N3O2/c1-26-21-7-5-19(6-8-21)16-24-12-9-22(10-13-24)18-25(14-15-27-22)17-20-4-2-3-11-23-20/h2-8,11H,9-10,12-18H2,1H3. The molecule has 3 heterocycles. The zero-order valence-corrected chi connectivity index (χ0v) is 16.1. The number of ether oxygens (including phenoxy) is 2. The molecule has 1 aromatic carbocycles. The zero-order valence-electron chi connectivity index (χ0n) is 16.1. The van der Waals surface area contributed by atoms with Crippen LogP contribution in [0.15, 0.2) is 48.7 Å². The summed E-state index contributed by atoms with van der Waals surface area (Å²) in [4.78, 5) is 9.52. The Labute approximate surface area is 161 Å². The topological polar surface area (TPSA) is 37.8 Å². The monoisotopic (exact) mass is 367 g/mol. The lowest BCUT2D eigenvalue weighted by molar-refractivity contribution is -0.138. The number of pyridine rings is 1. The number of likely N-dealkylation sites (tertiary alicyclic amines) is 1. The number of nitrogens with zero attached hydrogens (tertiary/aromatic N) is 3. The highest BCUT2D eigenvalue weighted by Crippen LogP contribution is 2.31. The highest BCUT2D eigenvalue weighted by atomic mass is 16.5. The van der Waals surface area contributed by atoms with Crippen LogP contribution in [0, 0.1) is 0 Å². The number of morpholine rings is 1. The molecular weight excluding hydrogens is 338 g/mol. The van der Waals surface area contributed by atoms with Gasteiger partial charge in [-0.2, -0.15) is 0 Å². The lowest BCUT2D eigenvalue weighted by Crippen LogP contribution is -2.56. The number of methoxy groups -OCH3 is 1. The summed E-state index contributed by atoms with van der Waals surface area (Å²) in [5.74, 6) is 0.917. The molecule has 0 radical (unpaired) electrons. The van der Waals surface area contributed by atoms with Crippen LogP contribution in [0.5, 0.6) is 5.75 Å². The average Bonchev–Trinajstić information content (AvgIpc) is 2.71. The number of benzene rings is 1. The predicted octanol–water partition coefficient (Wildman–Crippen LogP) is 2.96. The van der Waals surface area contributed by atoms with Crippen molar-refractivity contribution in [3.05, 3.63) is 59.9 Å². The van der Waals surface area contributed by atoms with E-state index in [0.29, 0.717) is 0 Å². The first-order chi connectivity index (χ1) is 13.2. The fourth-order valence-corrected chi connectivity index (χ4v) is 4.19. The van der Waals surface area contributed by atoms with Crippen molar-refractivity contribution in [1.29, 1.82) is 0 Å². The average molecular weight is 367 g/mol. The van der Waals surface area contributed by atoms with Gasteiger partial charge in [0.15, 0.2) is 0 Å². The van der Waals surface area contributed by atoms with Gasteiger partial charge in [0.25, 0.3) is 0 Å². The van der Waals surface area contributed by atoms with Crippen LogP contribution in [0.1, 0.15) is 24.1 Å². The van der Waals surface area contributed by atoms with E-state index in [9.17, 15) is 0 Å². The fourth-order valence-electron chi connectivity index (χ4n) is 4.19. The van der Waals surface area contributed by atoms with E-state index < -0.39 is 0 Å². The van der Waals surface area contributed by atoms with E-state index in [1.807, 2.05) is 24.4 Å². The summed E-state index contributed by atoms with van der Waals surface area (Å²) in [6, 6.07) is 14.6. The van der Waals surface area contributed by atoms with Crippen LogP contribution >= 0.6 is 0 Å². The summed E-state index contributed by atoms with van der Waals surface area (Å²) < 4.78 is 11.5. The maximum Gasteiger partial charge on any atom is 0.118 e. The van der Waals surface area contributed by atoms with Crippen molar-refractivity contribution in [1.82, 2.24) is 14.8 Å². The van der Waals surface area contributed by atoms with E-state index in [1.54, 1.807) is 7.11 Å². The Kier molecular flexibility index (Phi) is 5.72. The van der Waals surface area contributed by atoms with Crippen LogP contribution in [0.4, 0.5) is 0 Å². The molecule has 0 unspecified atom stereocenters. The van der Waals surface area contributed by atoms with Gasteiger partial charge in [0.05, 0.1) is 25.0 Å². The third-order valence-corrected chi connectivity index (χ3v) is 5.77. The Morgan fingerprint density at radius 2 is 1.81 bits per heavy atom. The molecule has 2 fully saturated rings. The van der Waals surface area contributed by atoms with Gasteiger partial charge in [-0.3, -0.25) is 14.8 Å². The van der Waals surface area contributed by atoms with Crippen LogP contribution in [0.3, 0.4) is 0 Å². The van der Waals surface area contributed by atoms with Crippen LogP contribution in [-0.4, -0.2) is 60.3 Å². The lowest BCUT2D eigenvalue weighted by atomic mass is 9.89. The fraction of sp³-hybridized carbons (Fsp3) is 0.500. The Hall–Kier alpha value is -1.95. The first-order valence-electron chi connectivity index (χ1n) is 9.86. The summed E-state index contributed by atoms with van der Waals surface area (Å²) in [5, 5.41) is 0. The molecule has 2 aliphatic heterocycles. The van der Waals surface area contributed by atoms with Crippen molar-refractivity contribution in [3.63, 3.8) is 0 Å². The van der Waals surface area contributed by atoms with Gasteiger partial charge in [0, 0.05) is 45.5 Å². The van der Waals surface area contributed by atoms with Crippen LogP contribution in [-0.2, 0) is 17.8 Å². The number of aromatic nitrogens is 1. The quantitative estimate of drug-likeness (QED) is 0.812. The van der Waals surface area contributed by atoms with Crippen molar-refractivity contribution < 1.29 is 9.47 Å². The Balaban J connectivity index is 1.30. The zero-order chi connectivity index (χ0) is 18.5. The van der Waals surface area contributed by atoms with Gasteiger partial charge in [-0.15, -0.1) is 0 Å². The van der Waals surface area contributed by atoms with Crippen molar-refractivity contribution >= 4 is 0 Å². The van der Waals surface area contributed by atoms with Gasteiger partial charge < -0.3 is 9.47 Å². The van der Waals surface area contributed by atoms with E-state index in [1.165, 1.54) is 5.56 Å². The molecule has 2 saturated heterocycles. The maximum atomic E-state index is 6.30. The first-order valence-corrected chi connectivity index (χ1v) is 9.86. The molecule has 1 aromatic heterocycles. The SMILES string of the molecule is COc1ccc(CN2CCC3(CC2)CN(Cc2ccccn2)CCO3)cc1. The highest BCUT2D eigenvalue weighted by Gasteiger charge is 2.39. The molecule has 0 saturated carbocycles. The summed E-state index contributed by atoms with van der Waals surface area (Å²) in [5.41, 5.74) is 2.50. The van der Waals surface area contributed by atoms with Crippen molar-refractivity contribution in [2.75, 3.05) is 39.9 Å². The van der Waals surface area contributed by atoms with Crippen molar-refractivity contribution in [2.24, 2.45) is 0 Å². The van der Waals surface area contributed by atoms with Crippen molar-refractivity contribution in [3.8, 4) is 5.75 Å². The summed E-state index contributed by atoms with van der Waals surface area (Å²) in [6.07, 6.45) is 4.08. The number of rotatable bonds is 5. The largest absolute Gasteiger partial charge is 0.497 e. The second-order valence-electron chi connectivity index (χ2n) is 7.69. The van der Waals surface area contributed by atoms with Crippen molar-refractivity contribution in [2.45, 2.75) is 31.5 Å². The molecule has 5 nitrogen and oxygen atoms in total. The predicted molar refractivity (Wildman–Crippen MR) is 106 cm³/mol. The van der Waals surface area contributed by atoms with Crippen LogP contribution < -0.4 is 4.74 Å². The summed E-state index contributed by atoms with van der Waals surface area (Å²) >= 11 is 0. The third-order valence-electron chi connectivity index (χ3n) is 5.77. The van der Waals surface area contributed by atoms with Gasteiger partial charge >= 0.3 is 0 Å². The molecule has 4 rings (SSSR count). The molecule has 0 aliphatic carbocycles. The summed E-state index contributed by atoms with van der Waals surface area (Å²) in [6.45, 7) is 6.92. The first kappa shape index (κ1) is 18.4. The van der Waals surface area contributed by atoms with Gasteiger partial charge in [-0.1, -0.05) is 18.2 Å². The molecular formula is C22H29N3O2. The lowest BCUT2D eigenvalue weighted by Gasteiger charge is -2.47. The normalized spacial score (nSPS) is 20.6. The Morgan fingerprint density at radius 3 is 2.52 bits per heavy atom. The van der Waals surface area contributed by atoms with Gasteiger partial charge in [-0.05, 0) is 42.7 Å². The molecule has 0 bridgehead atoms. The van der Waals surface area contributed by atoms with E-state index >= 15 is 0 Å². The van der Waals surface area contributed by atoms with E-state index in [2.05, 4.69) is 39.0 Å². The van der Waals surface area contributed by atoms with E-state index in [0.717, 1.165) is 70.2 Å². The number of hydrogen-bond donors (Lipinski definition) is 0. The van der Waals surface area contributed by atoms with E-state index in [-0.39, 0.29) is 5.60 Å². The van der Waals surface area contributed by atoms with E-state index in [4.69, 9.17) is 9.47 Å². The van der Waals surface area contributed by atoms with Crippen LogP contribution in [0.2, 0.25) is 0 Å². The highest BCUT2D eigenvalue weighted by molar-refractivity contribution is 5.27. The Morgan fingerprint density at radius 1 is 1.00 bits per heavy atom. The minimum atomic E-state index is 0.0173. The second kappa shape index (κ2) is 8.38. The maximum absolute atomic E-state index is 6.30. The van der Waals surface area contributed by atoms with Gasteiger partial charge in [0.1, 0.15) is 5.75 Å². The molecule has 1 spiro atoms. The molecule has 0 N–H and O–H groups in total. The molecule has 0 atom stereocenters. The third kappa shape index (κ3) is 4.67. The molecule has 27 heavy (non-hydrogen) atoms. The van der Waals surface area contributed by atoms with Gasteiger partial charge in [0.2, 0.25) is 0 Å².